The second-order valence-electron chi connectivity index (χ2n) is 8.28. The number of rotatable bonds is 2. The molecule has 4 rings (SSSR count). The molecule has 0 radical (unpaired) electrons. The van der Waals surface area contributed by atoms with Crippen LogP contribution >= 0.6 is 0 Å². The Morgan fingerprint density at radius 2 is 2.19 bits per heavy atom. The van der Waals surface area contributed by atoms with Crippen molar-refractivity contribution in [3.63, 3.8) is 0 Å². The normalized spacial score (nSPS) is 20.3. The van der Waals surface area contributed by atoms with E-state index in [0.29, 0.717) is 24.7 Å². The van der Waals surface area contributed by atoms with Crippen molar-refractivity contribution in [2.75, 3.05) is 19.6 Å². The highest BCUT2D eigenvalue weighted by Crippen LogP contribution is 2.24. The highest BCUT2D eigenvalue weighted by Gasteiger charge is 2.27. The van der Waals surface area contributed by atoms with Crippen LogP contribution in [-0.2, 0) is 18.4 Å². The summed E-state index contributed by atoms with van der Waals surface area (Å²) in [5, 5.41) is 10.6. The summed E-state index contributed by atoms with van der Waals surface area (Å²) in [6.07, 6.45) is 3.77. The molecule has 2 aromatic rings. The second kappa shape index (κ2) is 6.46. The lowest BCUT2D eigenvalue weighted by molar-refractivity contribution is 0.0727. The van der Waals surface area contributed by atoms with Gasteiger partial charge in [0.2, 0.25) is 0 Å². The lowest BCUT2D eigenvalue weighted by atomic mass is 9.92. The molecule has 2 aliphatic heterocycles. The van der Waals surface area contributed by atoms with E-state index in [1.54, 1.807) is 0 Å². The molecular formula is C19H26N6O. The molecule has 1 unspecified atom stereocenters. The first kappa shape index (κ1) is 17.1. The molecule has 0 aromatic carbocycles. The van der Waals surface area contributed by atoms with Crippen molar-refractivity contribution in [1.82, 2.24) is 30.4 Å². The molecule has 2 aliphatic rings. The van der Waals surface area contributed by atoms with Crippen LogP contribution in [-0.4, -0.2) is 50.6 Å². The molecule has 2 aromatic heterocycles. The Kier molecular flexibility index (Phi) is 4.26. The van der Waals surface area contributed by atoms with Gasteiger partial charge >= 0.3 is 0 Å². The third-order valence-corrected chi connectivity index (χ3v) is 5.27. The molecule has 2 N–H and O–H groups in total. The number of carbonyl (C=O) groups excluding carboxylic acids is 1. The fourth-order valence-electron chi connectivity index (χ4n) is 3.55. The van der Waals surface area contributed by atoms with Gasteiger partial charge in [0.05, 0.1) is 5.69 Å². The monoisotopic (exact) mass is 354 g/mol. The maximum atomic E-state index is 12.8. The molecule has 0 bridgehead atoms. The smallest absolute Gasteiger partial charge is 0.274 e. The topological polar surface area (TPSA) is 86.8 Å². The third-order valence-electron chi connectivity index (χ3n) is 5.27. The van der Waals surface area contributed by atoms with Crippen molar-refractivity contribution < 1.29 is 4.79 Å². The van der Waals surface area contributed by atoms with Gasteiger partial charge in [-0.2, -0.15) is 5.10 Å². The molecule has 0 saturated carbocycles. The SMILES string of the molecule is CC(C)(C)c1cc(C(=O)N2CCc3nc(C4CCNC4)ncc3C2)n[nH]1. The van der Waals surface area contributed by atoms with Gasteiger partial charge in [0.1, 0.15) is 11.5 Å². The Balaban J connectivity index is 1.49. The summed E-state index contributed by atoms with van der Waals surface area (Å²) in [6, 6.07) is 1.87. The average molecular weight is 354 g/mol. The van der Waals surface area contributed by atoms with E-state index in [-0.39, 0.29) is 11.3 Å². The van der Waals surface area contributed by atoms with Gasteiger partial charge in [0.25, 0.3) is 5.91 Å². The molecule has 0 spiro atoms. The maximum Gasteiger partial charge on any atom is 0.274 e. The minimum atomic E-state index is -0.0562. The summed E-state index contributed by atoms with van der Waals surface area (Å²) in [6.45, 7) is 9.51. The van der Waals surface area contributed by atoms with Crippen molar-refractivity contribution in [3.05, 3.63) is 40.7 Å². The van der Waals surface area contributed by atoms with Crippen molar-refractivity contribution in [2.45, 2.75) is 51.5 Å². The fourth-order valence-corrected chi connectivity index (χ4v) is 3.55. The van der Waals surface area contributed by atoms with Crippen LogP contribution in [0.5, 0.6) is 0 Å². The van der Waals surface area contributed by atoms with Crippen LogP contribution in [0.15, 0.2) is 12.3 Å². The van der Waals surface area contributed by atoms with Crippen molar-refractivity contribution in [2.24, 2.45) is 0 Å². The number of fused-ring (bicyclic) bond motifs is 1. The number of nitrogens with one attached hydrogen (secondary N) is 2. The van der Waals surface area contributed by atoms with E-state index in [0.717, 1.165) is 48.7 Å². The molecule has 138 valence electrons. The zero-order valence-electron chi connectivity index (χ0n) is 15.7. The standard InChI is InChI=1S/C19H26N6O/c1-19(2,3)16-8-15(23-24-16)18(26)25-7-5-14-13(11-25)10-21-17(22-14)12-4-6-20-9-12/h8,10,12,20H,4-7,9,11H2,1-3H3,(H,23,24). The van der Waals surface area contributed by atoms with Crippen LogP contribution in [0.2, 0.25) is 0 Å². The maximum absolute atomic E-state index is 12.8. The quantitative estimate of drug-likeness (QED) is 0.858. The number of hydrogen-bond acceptors (Lipinski definition) is 5. The Labute approximate surface area is 153 Å². The molecule has 1 fully saturated rings. The predicted molar refractivity (Wildman–Crippen MR) is 98.0 cm³/mol. The van der Waals surface area contributed by atoms with E-state index in [2.05, 4.69) is 41.3 Å². The largest absolute Gasteiger partial charge is 0.332 e. The Hall–Kier alpha value is -2.28. The zero-order chi connectivity index (χ0) is 18.3. The minimum Gasteiger partial charge on any atom is -0.332 e. The van der Waals surface area contributed by atoms with E-state index in [1.807, 2.05) is 17.2 Å². The van der Waals surface area contributed by atoms with Gasteiger partial charge in [0, 0.05) is 54.8 Å². The van der Waals surface area contributed by atoms with Crippen LogP contribution in [0, 0.1) is 0 Å². The van der Waals surface area contributed by atoms with Gasteiger partial charge in [-0.3, -0.25) is 9.89 Å². The zero-order valence-corrected chi connectivity index (χ0v) is 15.7. The van der Waals surface area contributed by atoms with Gasteiger partial charge in [-0.1, -0.05) is 20.8 Å². The summed E-state index contributed by atoms with van der Waals surface area (Å²) in [7, 11) is 0. The van der Waals surface area contributed by atoms with E-state index in [4.69, 9.17) is 4.98 Å². The summed E-state index contributed by atoms with van der Waals surface area (Å²) in [4.78, 5) is 24.0. The van der Waals surface area contributed by atoms with Crippen molar-refractivity contribution in [1.29, 1.82) is 0 Å². The number of H-pyrrole nitrogens is 1. The van der Waals surface area contributed by atoms with Crippen LogP contribution < -0.4 is 5.32 Å². The third kappa shape index (κ3) is 3.23. The lowest BCUT2D eigenvalue weighted by Crippen LogP contribution is -2.37. The lowest BCUT2D eigenvalue weighted by Gasteiger charge is -2.28. The number of hydrogen-bond donors (Lipinski definition) is 2. The summed E-state index contributed by atoms with van der Waals surface area (Å²) < 4.78 is 0. The second-order valence-corrected chi connectivity index (χ2v) is 8.28. The van der Waals surface area contributed by atoms with Gasteiger partial charge in [0.15, 0.2) is 0 Å². The molecule has 1 atom stereocenters. The number of carbonyl (C=O) groups is 1. The molecule has 7 heteroatoms. The molecule has 1 amide bonds. The minimum absolute atomic E-state index is 0.0357. The van der Waals surface area contributed by atoms with E-state index in [1.165, 1.54) is 0 Å². The van der Waals surface area contributed by atoms with Crippen LogP contribution in [0.3, 0.4) is 0 Å². The Bertz CT molecular complexity index is 816. The van der Waals surface area contributed by atoms with Gasteiger partial charge < -0.3 is 10.2 Å². The number of aromatic amines is 1. The molecule has 0 aliphatic carbocycles. The molecule has 26 heavy (non-hydrogen) atoms. The molecular weight excluding hydrogens is 328 g/mol. The molecule has 1 saturated heterocycles. The Morgan fingerprint density at radius 1 is 1.35 bits per heavy atom. The van der Waals surface area contributed by atoms with Crippen LogP contribution in [0.4, 0.5) is 0 Å². The van der Waals surface area contributed by atoms with Gasteiger partial charge in [-0.05, 0) is 19.0 Å². The predicted octanol–water partition coefficient (Wildman–Crippen LogP) is 1.77. The first-order valence-corrected chi connectivity index (χ1v) is 9.32. The van der Waals surface area contributed by atoms with Crippen molar-refractivity contribution in [3.8, 4) is 0 Å². The fraction of sp³-hybridized carbons (Fsp3) is 0.579. The van der Waals surface area contributed by atoms with Crippen LogP contribution in [0.25, 0.3) is 0 Å². The number of nitrogens with zero attached hydrogens (tertiary/aromatic N) is 4. The first-order valence-electron chi connectivity index (χ1n) is 9.32. The summed E-state index contributed by atoms with van der Waals surface area (Å²) >= 11 is 0. The summed E-state index contributed by atoms with van der Waals surface area (Å²) in [5.41, 5.74) is 3.53. The molecule has 4 heterocycles. The first-order chi connectivity index (χ1) is 12.4. The van der Waals surface area contributed by atoms with E-state index >= 15 is 0 Å². The highest BCUT2D eigenvalue weighted by molar-refractivity contribution is 5.92. The Morgan fingerprint density at radius 3 is 2.88 bits per heavy atom. The average Bonchev–Trinajstić information content (AvgIpc) is 3.31. The summed E-state index contributed by atoms with van der Waals surface area (Å²) in [5.74, 6) is 1.32. The van der Waals surface area contributed by atoms with Gasteiger partial charge in [-0.15, -0.1) is 0 Å². The van der Waals surface area contributed by atoms with E-state index in [9.17, 15) is 4.79 Å². The van der Waals surface area contributed by atoms with Crippen LogP contribution in [0.1, 0.15) is 66.4 Å². The van der Waals surface area contributed by atoms with E-state index < -0.39 is 0 Å². The number of amides is 1. The number of aromatic nitrogens is 4. The van der Waals surface area contributed by atoms with Crippen molar-refractivity contribution >= 4 is 5.91 Å². The molecule has 7 nitrogen and oxygen atoms in total. The highest BCUT2D eigenvalue weighted by atomic mass is 16.2. The van der Waals surface area contributed by atoms with Gasteiger partial charge in [-0.25, -0.2) is 9.97 Å².